The van der Waals surface area contributed by atoms with Crippen LogP contribution in [0.25, 0.3) is 0 Å². The molecular weight excluding hydrogens is 366 g/mol. The lowest BCUT2D eigenvalue weighted by Crippen LogP contribution is -2.39. The molecule has 0 N–H and O–H groups in total. The van der Waals surface area contributed by atoms with Gasteiger partial charge in [-0.25, -0.2) is 4.79 Å². The van der Waals surface area contributed by atoms with Gasteiger partial charge in [0.2, 0.25) is 6.10 Å². The van der Waals surface area contributed by atoms with Gasteiger partial charge in [-0.1, -0.05) is 61.9 Å². The predicted octanol–water partition coefficient (Wildman–Crippen LogP) is 4.31. The first-order valence-electron chi connectivity index (χ1n) is 10.4. The molecule has 1 saturated heterocycles. The van der Waals surface area contributed by atoms with Crippen LogP contribution in [-0.2, 0) is 20.7 Å². The molecule has 0 aliphatic carbocycles. The zero-order chi connectivity index (χ0) is 20.6. The highest BCUT2D eigenvalue weighted by atomic mass is 16.6. The summed E-state index contributed by atoms with van der Waals surface area (Å²) in [5.41, 5.74) is 1.74. The van der Waals surface area contributed by atoms with Crippen molar-refractivity contribution in [2.24, 2.45) is 0 Å². The molecule has 0 saturated carbocycles. The minimum Gasteiger partial charge on any atom is -0.474 e. The largest absolute Gasteiger partial charge is 0.474 e. The molecule has 154 valence electrons. The van der Waals surface area contributed by atoms with Crippen molar-refractivity contribution in [3.8, 4) is 5.75 Å². The highest BCUT2D eigenvalue weighted by Gasteiger charge is 2.31. The first-order valence-corrected chi connectivity index (χ1v) is 10.4. The SMILES string of the molecule is CCCc1ccccc1O[C@@H](C(=O)O[C@@H](C)C(=O)N1CCCC1)c1ccccc1. The third-order valence-corrected chi connectivity index (χ3v) is 5.11. The number of carbonyl (C=O) groups is 2. The summed E-state index contributed by atoms with van der Waals surface area (Å²) in [4.78, 5) is 27.3. The summed E-state index contributed by atoms with van der Waals surface area (Å²) >= 11 is 0. The molecule has 1 aliphatic rings. The van der Waals surface area contributed by atoms with Gasteiger partial charge in [0.15, 0.2) is 6.10 Å². The molecule has 5 nitrogen and oxygen atoms in total. The zero-order valence-corrected chi connectivity index (χ0v) is 17.2. The van der Waals surface area contributed by atoms with Gasteiger partial charge in [-0.15, -0.1) is 0 Å². The lowest BCUT2D eigenvalue weighted by molar-refractivity contribution is -0.164. The fraction of sp³-hybridized carbons (Fsp3) is 0.417. The van der Waals surface area contributed by atoms with Gasteiger partial charge >= 0.3 is 5.97 Å². The number of nitrogens with zero attached hydrogens (tertiary/aromatic N) is 1. The van der Waals surface area contributed by atoms with E-state index in [1.165, 1.54) is 0 Å². The minimum absolute atomic E-state index is 0.144. The van der Waals surface area contributed by atoms with Gasteiger partial charge in [0.1, 0.15) is 5.75 Å². The average molecular weight is 395 g/mol. The smallest absolute Gasteiger partial charge is 0.352 e. The molecule has 1 amide bonds. The molecule has 2 aromatic carbocycles. The normalized spacial score (nSPS) is 15.6. The van der Waals surface area contributed by atoms with Gasteiger partial charge < -0.3 is 14.4 Å². The number of likely N-dealkylation sites (tertiary alicyclic amines) is 1. The second-order valence-electron chi connectivity index (χ2n) is 7.38. The van der Waals surface area contributed by atoms with Crippen molar-refractivity contribution < 1.29 is 19.1 Å². The van der Waals surface area contributed by atoms with Crippen molar-refractivity contribution in [1.29, 1.82) is 0 Å². The van der Waals surface area contributed by atoms with Crippen LogP contribution in [0.4, 0.5) is 0 Å². The molecule has 1 heterocycles. The second kappa shape index (κ2) is 10.1. The van der Waals surface area contributed by atoms with E-state index in [1.807, 2.05) is 54.6 Å². The Morgan fingerprint density at radius 3 is 2.34 bits per heavy atom. The number of esters is 1. The van der Waals surface area contributed by atoms with E-state index in [0.717, 1.165) is 44.3 Å². The van der Waals surface area contributed by atoms with Gasteiger partial charge in [0.25, 0.3) is 5.91 Å². The number of benzene rings is 2. The summed E-state index contributed by atoms with van der Waals surface area (Å²) in [5.74, 6) is -0.0322. The Kier molecular flexibility index (Phi) is 7.28. The number of hydrogen-bond acceptors (Lipinski definition) is 4. The molecule has 29 heavy (non-hydrogen) atoms. The lowest BCUT2D eigenvalue weighted by Gasteiger charge is -2.24. The van der Waals surface area contributed by atoms with Crippen LogP contribution in [0, 0.1) is 0 Å². The topological polar surface area (TPSA) is 55.8 Å². The van der Waals surface area contributed by atoms with Crippen molar-refractivity contribution in [2.45, 2.75) is 51.7 Å². The van der Waals surface area contributed by atoms with Crippen LogP contribution < -0.4 is 4.74 Å². The van der Waals surface area contributed by atoms with Crippen LogP contribution in [0.3, 0.4) is 0 Å². The Hall–Kier alpha value is -2.82. The Balaban J connectivity index is 1.78. The number of hydrogen-bond donors (Lipinski definition) is 0. The maximum Gasteiger partial charge on any atom is 0.352 e. The Morgan fingerprint density at radius 1 is 1.00 bits per heavy atom. The number of aryl methyl sites for hydroxylation is 1. The lowest BCUT2D eigenvalue weighted by atomic mass is 10.1. The van der Waals surface area contributed by atoms with Crippen LogP contribution in [-0.4, -0.2) is 36.0 Å². The zero-order valence-electron chi connectivity index (χ0n) is 17.2. The van der Waals surface area contributed by atoms with Crippen molar-refractivity contribution in [3.63, 3.8) is 0 Å². The van der Waals surface area contributed by atoms with Crippen molar-refractivity contribution in [3.05, 3.63) is 65.7 Å². The van der Waals surface area contributed by atoms with E-state index in [4.69, 9.17) is 9.47 Å². The van der Waals surface area contributed by atoms with Crippen LogP contribution in [0.1, 0.15) is 50.3 Å². The summed E-state index contributed by atoms with van der Waals surface area (Å²) in [5, 5.41) is 0. The standard InChI is InChI=1S/C24H29NO4/c1-3-11-19-12-7-8-15-21(19)29-22(20-13-5-4-6-14-20)24(27)28-18(2)23(26)25-16-9-10-17-25/h4-8,12-15,18,22H,3,9-11,16-17H2,1-2H3/t18-,22+/m0/s1. The maximum absolute atomic E-state index is 13.0. The monoisotopic (exact) mass is 395 g/mol. The summed E-state index contributed by atoms with van der Waals surface area (Å²) in [7, 11) is 0. The number of para-hydroxylation sites is 1. The Bertz CT molecular complexity index is 815. The summed E-state index contributed by atoms with van der Waals surface area (Å²) in [6, 6.07) is 17.0. The number of ether oxygens (including phenoxy) is 2. The Labute approximate surface area is 172 Å². The molecular formula is C24H29NO4. The second-order valence-corrected chi connectivity index (χ2v) is 7.38. The fourth-order valence-corrected chi connectivity index (χ4v) is 3.58. The molecule has 0 radical (unpaired) electrons. The highest BCUT2D eigenvalue weighted by molar-refractivity contribution is 5.85. The van der Waals surface area contributed by atoms with E-state index < -0.39 is 18.2 Å². The molecule has 2 atom stereocenters. The van der Waals surface area contributed by atoms with Crippen molar-refractivity contribution in [2.75, 3.05) is 13.1 Å². The van der Waals surface area contributed by atoms with Crippen molar-refractivity contribution in [1.82, 2.24) is 4.90 Å². The number of rotatable bonds is 8. The number of carbonyl (C=O) groups excluding carboxylic acids is 2. The summed E-state index contributed by atoms with van der Waals surface area (Å²) in [6.45, 7) is 5.18. The van der Waals surface area contributed by atoms with Gasteiger partial charge in [0.05, 0.1) is 0 Å². The van der Waals surface area contributed by atoms with Gasteiger partial charge in [0, 0.05) is 18.7 Å². The van der Waals surface area contributed by atoms with Gasteiger partial charge in [-0.05, 0) is 37.8 Å². The molecule has 5 heteroatoms. The fourth-order valence-electron chi connectivity index (χ4n) is 3.58. The first kappa shape index (κ1) is 20.9. The van der Waals surface area contributed by atoms with E-state index >= 15 is 0 Å². The Morgan fingerprint density at radius 2 is 1.66 bits per heavy atom. The van der Waals surface area contributed by atoms with E-state index in [1.54, 1.807) is 11.8 Å². The third kappa shape index (κ3) is 5.37. The molecule has 3 rings (SSSR count). The molecule has 1 aliphatic heterocycles. The average Bonchev–Trinajstić information content (AvgIpc) is 3.28. The quantitative estimate of drug-likeness (QED) is 0.625. The van der Waals surface area contributed by atoms with Gasteiger partial charge in [-0.3, -0.25) is 4.79 Å². The third-order valence-electron chi connectivity index (χ3n) is 5.11. The van der Waals surface area contributed by atoms with Crippen LogP contribution in [0.2, 0.25) is 0 Å². The van der Waals surface area contributed by atoms with E-state index in [0.29, 0.717) is 11.3 Å². The minimum atomic E-state index is -0.928. The highest BCUT2D eigenvalue weighted by Crippen LogP contribution is 2.28. The molecule has 0 spiro atoms. The summed E-state index contributed by atoms with van der Waals surface area (Å²) < 4.78 is 11.7. The van der Waals surface area contributed by atoms with Crippen LogP contribution in [0.15, 0.2) is 54.6 Å². The molecule has 2 aromatic rings. The van der Waals surface area contributed by atoms with Gasteiger partial charge in [-0.2, -0.15) is 0 Å². The van der Waals surface area contributed by atoms with E-state index in [-0.39, 0.29) is 5.91 Å². The first-order chi connectivity index (χ1) is 14.1. The predicted molar refractivity (Wildman–Crippen MR) is 112 cm³/mol. The molecule has 1 fully saturated rings. The maximum atomic E-state index is 13.0. The van der Waals surface area contributed by atoms with E-state index in [2.05, 4.69) is 6.92 Å². The molecule has 0 unspecified atom stereocenters. The molecule has 0 bridgehead atoms. The summed E-state index contributed by atoms with van der Waals surface area (Å²) in [6.07, 6.45) is 2.07. The van der Waals surface area contributed by atoms with Crippen LogP contribution in [0.5, 0.6) is 5.75 Å². The number of amides is 1. The van der Waals surface area contributed by atoms with Crippen molar-refractivity contribution >= 4 is 11.9 Å². The van der Waals surface area contributed by atoms with Crippen LogP contribution >= 0.6 is 0 Å². The van der Waals surface area contributed by atoms with E-state index in [9.17, 15) is 9.59 Å². The molecule has 0 aromatic heterocycles.